The Balaban J connectivity index is 1.82. The molecule has 0 amide bonds. The van der Waals surface area contributed by atoms with Crippen LogP contribution in [0.25, 0.3) is 0 Å². The van der Waals surface area contributed by atoms with Crippen molar-refractivity contribution in [3.63, 3.8) is 0 Å². The lowest BCUT2D eigenvalue weighted by Crippen LogP contribution is -2.10. The van der Waals surface area contributed by atoms with E-state index in [1.54, 1.807) is 0 Å². The second kappa shape index (κ2) is 9.20. The van der Waals surface area contributed by atoms with Crippen LogP contribution < -0.4 is 0 Å². The summed E-state index contributed by atoms with van der Waals surface area (Å²) in [5.41, 5.74) is 5.52. The van der Waals surface area contributed by atoms with Gasteiger partial charge in [-0.05, 0) is 34.1 Å². The summed E-state index contributed by atoms with van der Waals surface area (Å²) < 4.78 is 6.02. The molecule has 0 aliphatic heterocycles. The molecule has 0 heterocycles. The standard InChI is InChI=1S/C24H34O/c1-17(2)21-7-11-23(12-8-21)19(5)15-25-16-20(6)24-13-9-22(10-14-24)18(3)4/h7-14,17-20H,15-16H2,1-6H3. The predicted octanol–water partition coefficient (Wildman–Crippen LogP) is 6.86. The summed E-state index contributed by atoms with van der Waals surface area (Å²) in [6.45, 7) is 15.0. The van der Waals surface area contributed by atoms with E-state index in [-0.39, 0.29) is 0 Å². The molecule has 2 rings (SSSR count). The van der Waals surface area contributed by atoms with E-state index in [1.165, 1.54) is 22.3 Å². The SMILES string of the molecule is CC(C)c1ccc(C(C)COCC(C)c2ccc(C(C)C)cc2)cc1. The highest BCUT2D eigenvalue weighted by Crippen LogP contribution is 2.22. The molecule has 0 aliphatic carbocycles. The minimum Gasteiger partial charge on any atom is -0.380 e. The monoisotopic (exact) mass is 338 g/mol. The summed E-state index contributed by atoms with van der Waals surface area (Å²) in [5, 5.41) is 0. The van der Waals surface area contributed by atoms with Crippen molar-refractivity contribution in [3.8, 4) is 0 Å². The lowest BCUT2D eigenvalue weighted by atomic mass is 9.96. The van der Waals surface area contributed by atoms with E-state index in [4.69, 9.17) is 4.74 Å². The van der Waals surface area contributed by atoms with Crippen LogP contribution >= 0.6 is 0 Å². The van der Waals surface area contributed by atoms with Gasteiger partial charge >= 0.3 is 0 Å². The van der Waals surface area contributed by atoms with E-state index < -0.39 is 0 Å². The van der Waals surface area contributed by atoms with Crippen LogP contribution in [0.3, 0.4) is 0 Å². The van der Waals surface area contributed by atoms with E-state index in [0.29, 0.717) is 23.7 Å². The van der Waals surface area contributed by atoms with Crippen molar-refractivity contribution >= 4 is 0 Å². The van der Waals surface area contributed by atoms with Crippen LogP contribution in [-0.2, 0) is 4.74 Å². The molecule has 0 aliphatic rings. The third-order valence-corrected chi connectivity index (χ3v) is 5.08. The van der Waals surface area contributed by atoms with Crippen molar-refractivity contribution in [1.29, 1.82) is 0 Å². The Morgan fingerprint density at radius 3 is 1.08 bits per heavy atom. The Morgan fingerprint density at radius 2 is 0.800 bits per heavy atom. The van der Waals surface area contributed by atoms with Gasteiger partial charge in [-0.15, -0.1) is 0 Å². The van der Waals surface area contributed by atoms with Crippen LogP contribution in [0.2, 0.25) is 0 Å². The molecule has 25 heavy (non-hydrogen) atoms. The smallest absolute Gasteiger partial charge is 0.0532 e. The predicted molar refractivity (Wildman–Crippen MR) is 109 cm³/mol. The first-order valence-electron chi connectivity index (χ1n) is 9.66. The van der Waals surface area contributed by atoms with E-state index in [2.05, 4.69) is 90.1 Å². The lowest BCUT2D eigenvalue weighted by molar-refractivity contribution is 0.113. The maximum atomic E-state index is 6.02. The molecular formula is C24H34O. The van der Waals surface area contributed by atoms with Gasteiger partial charge in [-0.1, -0.05) is 90.1 Å². The Kier molecular flexibility index (Phi) is 7.25. The van der Waals surface area contributed by atoms with Crippen LogP contribution in [0.4, 0.5) is 0 Å². The molecule has 0 bridgehead atoms. The first-order chi connectivity index (χ1) is 11.9. The fourth-order valence-corrected chi connectivity index (χ4v) is 3.03. The summed E-state index contributed by atoms with van der Waals surface area (Å²) in [5.74, 6) is 2.03. The fraction of sp³-hybridized carbons (Fsp3) is 0.500. The molecule has 0 saturated carbocycles. The minimum absolute atomic E-state index is 0.428. The number of benzene rings is 2. The fourth-order valence-electron chi connectivity index (χ4n) is 3.03. The normalized spacial score (nSPS) is 14.1. The van der Waals surface area contributed by atoms with Gasteiger partial charge in [0.1, 0.15) is 0 Å². The first-order valence-corrected chi connectivity index (χ1v) is 9.66. The molecule has 0 N–H and O–H groups in total. The summed E-state index contributed by atoms with van der Waals surface area (Å²) in [7, 11) is 0. The Hall–Kier alpha value is -1.60. The lowest BCUT2D eigenvalue weighted by Gasteiger charge is -2.17. The molecule has 0 aromatic heterocycles. The molecule has 0 fully saturated rings. The molecule has 0 radical (unpaired) electrons. The zero-order chi connectivity index (χ0) is 18.4. The van der Waals surface area contributed by atoms with Gasteiger partial charge in [-0.2, -0.15) is 0 Å². The van der Waals surface area contributed by atoms with E-state index in [0.717, 1.165) is 13.2 Å². The molecule has 1 heteroatoms. The summed E-state index contributed by atoms with van der Waals surface area (Å²) in [6.07, 6.45) is 0. The average molecular weight is 339 g/mol. The van der Waals surface area contributed by atoms with Gasteiger partial charge < -0.3 is 4.74 Å². The topological polar surface area (TPSA) is 9.23 Å². The highest BCUT2D eigenvalue weighted by atomic mass is 16.5. The maximum absolute atomic E-state index is 6.02. The van der Waals surface area contributed by atoms with Gasteiger partial charge in [0.05, 0.1) is 13.2 Å². The highest BCUT2D eigenvalue weighted by molar-refractivity contribution is 5.28. The van der Waals surface area contributed by atoms with Crippen LogP contribution in [0.1, 0.15) is 87.5 Å². The second-order valence-electron chi connectivity index (χ2n) is 7.98. The summed E-state index contributed by atoms with van der Waals surface area (Å²) >= 11 is 0. The molecule has 0 spiro atoms. The molecule has 2 aromatic rings. The summed E-state index contributed by atoms with van der Waals surface area (Å²) in [6, 6.07) is 18.0. The molecule has 136 valence electrons. The number of hydrogen-bond acceptors (Lipinski definition) is 1. The zero-order valence-electron chi connectivity index (χ0n) is 16.8. The third-order valence-electron chi connectivity index (χ3n) is 5.08. The zero-order valence-corrected chi connectivity index (χ0v) is 16.8. The molecule has 2 unspecified atom stereocenters. The van der Waals surface area contributed by atoms with Gasteiger partial charge in [0.15, 0.2) is 0 Å². The number of rotatable bonds is 8. The second-order valence-corrected chi connectivity index (χ2v) is 7.98. The summed E-state index contributed by atoms with van der Waals surface area (Å²) in [4.78, 5) is 0. The maximum Gasteiger partial charge on any atom is 0.0532 e. The largest absolute Gasteiger partial charge is 0.380 e. The highest BCUT2D eigenvalue weighted by Gasteiger charge is 2.10. The first kappa shape index (κ1) is 19.7. The third kappa shape index (κ3) is 5.71. The van der Waals surface area contributed by atoms with Gasteiger partial charge in [0, 0.05) is 11.8 Å². The van der Waals surface area contributed by atoms with E-state index >= 15 is 0 Å². The van der Waals surface area contributed by atoms with E-state index in [1.807, 2.05) is 0 Å². The molecule has 0 saturated heterocycles. The van der Waals surface area contributed by atoms with Crippen LogP contribution in [0, 0.1) is 0 Å². The van der Waals surface area contributed by atoms with Crippen molar-refractivity contribution in [2.45, 2.75) is 65.2 Å². The van der Waals surface area contributed by atoms with Crippen LogP contribution in [-0.4, -0.2) is 13.2 Å². The van der Waals surface area contributed by atoms with Crippen molar-refractivity contribution < 1.29 is 4.74 Å². The van der Waals surface area contributed by atoms with E-state index in [9.17, 15) is 0 Å². The van der Waals surface area contributed by atoms with Gasteiger partial charge in [0.25, 0.3) is 0 Å². The quantitative estimate of drug-likeness (QED) is 0.511. The van der Waals surface area contributed by atoms with Gasteiger partial charge in [0.2, 0.25) is 0 Å². The number of hydrogen-bond donors (Lipinski definition) is 0. The Morgan fingerprint density at radius 1 is 0.520 bits per heavy atom. The minimum atomic E-state index is 0.428. The van der Waals surface area contributed by atoms with Crippen molar-refractivity contribution in [2.75, 3.05) is 13.2 Å². The van der Waals surface area contributed by atoms with Crippen LogP contribution in [0.15, 0.2) is 48.5 Å². The van der Waals surface area contributed by atoms with Crippen LogP contribution in [0.5, 0.6) is 0 Å². The Labute approximate surface area is 154 Å². The van der Waals surface area contributed by atoms with Crippen molar-refractivity contribution in [1.82, 2.24) is 0 Å². The van der Waals surface area contributed by atoms with Crippen molar-refractivity contribution in [3.05, 3.63) is 70.8 Å². The van der Waals surface area contributed by atoms with Crippen molar-refractivity contribution in [2.24, 2.45) is 0 Å². The number of ether oxygens (including phenoxy) is 1. The average Bonchev–Trinajstić information content (AvgIpc) is 2.61. The van der Waals surface area contributed by atoms with Gasteiger partial charge in [-0.3, -0.25) is 0 Å². The molecule has 1 nitrogen and oxygen atoms in total. The Bertz CT molecular complexity index is 565. The molecule has 2 aromatic carbocycles. The van der Waals surface area contributed by atoms with Gasteiger partial charge in [-0.25, -0.2) is 0 Å². The molecular weight excluding hydrogens is 304 g/mol. The molecule has 2 atom stereocenters.